The van der Waals surface area contributed by atoms with E-state index >= 15 is 0 Å². The number of unbranched alkanes of at least 4 members (excludes halogenated alkanes) is 1. The zero-order valence-corrected chi connectivity index (χ0v) is 33.5. The number of anilines is 2. The van der Waals surface area contributed by atoms with Crippen LogP contribution < -0.4 is 25.9 Å². The Hall–Kier alpha value is -5.18. The Morgan fingerprint density at radius 1 is 0.982 bits per heavy atom. The highest BCUT2D eigenvalue weighted by Gasteiger charge is 2.50. The van der Waals surface area contributed by atoms with Gasteiger partial charge in [0.25, 0.3) is 8.32 Å². The number of benzene rings is 2. The average molecular weight is 761 g/mol. The summed E-state index contributed by atoms with van der Waals surface area (Å²) < 4.78 is 16.0. The number of nitrogens with one attached hydrogen (secondary N) is 2. The highest BCUT2D eigenvalue weighted by molar-refractivity contribution is 6.99. The summed E-state index contributed by atoms with van der Waals surface area (Å²) in [5, 5.41) is 18.2. The molecule has 0 saturated heterocycles. The third kappa shape index (κ3) is 8.12. The fraction of sp³-hybridized carbons (Fsp3) is 0.415. The number of hydrogen-bond acceptors (Lipinski definition) is 10. The van der Waals surface area contributed by atoms with Crippen LogP contribution in [0.2, 0.25) is 5.04 Å². The molecule has 4 aromatic heterocycles. The van der Waals surface area contributed by atoms with Gasteiger partial charge in [-0.25, -0.2) is 19.3 Å². The topological polar surface area (TPSA) is 137 Å². The first kappa shape index (κ1) is 38.1. The fourth-order valence-electron chi connectivity index (χ4n) is 7.49. The maximum Gasteiger partial charge on any atom is 0.413 e. The lowest BCUT2D eigenvalue weighted by Crippen LogP contribution is -2.67. The maximum absolute atomic E-state index is 12.4. The highest BCUT2D eigenvalue weighted by atomic mass is 28.4. The molecule has 2 N–H and O–H groups in total. The monoisotopic (exact) mass is 760 g/mol. The van der Waals surface area contributed by atoms with Gasteiger partial charge in [-0.1, -0.05) is 107 Å². The Bertz CT molecular complexity index is 2160. The molecular weight excluding hydrogens is 709 g/mol. The molecule has 1 aliphatic carbocycles. The molecule has 0 radical (unpaired) electrons. The van der Waals surface area contributed by atoms with E-state index < -0.39 is 14.4 Å². The number of nitrogens with zero attached hydrogens (tertiary/aromatic N) is 8. The summed E-state index contributed by atoms with van der Waals surface area (Å²) in [5.41, 5.74) is 4.06. The molecule has 7 rings (SSSR count). The van der Waals surface area contributed by atoms with Crippen LogP contribution in [-0.2, 0) is 22.3 Å². The van der Waals surface area contributed by atoms with Gasteiger partial charge in [0, 0.05) is 31.2 Å². The van der Waals surface area contributed by atoms with E-state index in [2.05, 4.69) is 126 Å². The van der Waals surface area contributed by atoms with Crippen LogP contribution in [0.5, 0.6) is 0 Å². The molecular formula is C41H52N10O3Si. The van der Waals surface area contributed by atoms with E-state index in [1.165, 1.54) is 36.7 Å². The Morgan fingerprint density at radius 3 is 2.35 bits per heavy atom. The molecule has 0 bridgehead atoms. The summed E-state index contributed by atoms with van der Waals surface area (Å²) in [7, 11) is -1.46. The first-order valence-electron chi connectivity index (χ1n) is 19.3. The number of methoxy groups -OCH3 is 1. The molecule has 13 nitrogen and oxygen atoms in total. The van der Waals surface area contributed by atoms with Gasteiger partial charge in [-0.15, -0.1) is 0 Å². The number of rotatable bonds is 16. The molecule has 55 heavy (non-hydrogen) atoms. The molecule has 2 aromatic carbocycles. The summed E-state index contributed by atoms with van der Waals surface area (Å²) in [6, 6.07) is 26.1. The molecule has 0 atom stereocenters. The van der Waals surface area contributed by atoms with Gasteiger partial charge >= 0.3 is 6.09 Å². The van der Waals surface area contributed by atoms with Crippen LogP contribution in [0.15, 0.2) is 85.3 Å². The van der Waals surface area contributed by atoms with Gasteiger partial charge in [0.05, 0.1) is 32.2 Å². The minimum absolute atomic E-state index is 0.145. The summed E-state index contributed by atoms with van der Waals surface area (Å²) in [5.74, 6) is 0.770. The first-order chi connectivity index (χ1) is 26.7. The number of aromatic nitrogens is 7. The van der Waals surface area contributed by atoms with Crippen molar-refractivity contribution >= 4 is 53.2 Å². The van der Waals surface area contributed by atoms with E-state index in [-0.39, 0.29) is 11.0 Å². The zero-order valence-electron chi connectivity index (χ0n) is 32.5. The Balaban J connectivity index is 1.22. The third-order valence-corrected chi connectivity index (χ3v) is 15.6. The number of ether oxygens (including phenoxy) is 1. The summed E-state index contributed by atoms with van der Waals surface area (Å²) in [4.78, 5) is 28.8. The van der Waals surface area contributed by atoms with E-state index in [0.717, 1.165) is 36.3 Å². The molecule has 0 unspecified atom stereocenters. The van der Waals surface area contributed by atoms with Crippen molar-refractivity contribution in [2.75, 3.05) is 37.0 Å². The van der Waals surface area contributed by atoms with E-state index in [0.29, 0.717) is 49.1 Å². The lowest BCUT2D eigenvalue weighted by molar-refractivity contribution is 0.186. The van der Waals surface area contributed by atoms with Crippen LogP contribution in [0, 0.1) is 0 Å². The number of fused-ring (bicyclic) bond motifs is 2. The van der Waals surface area contributed by atoms with Crippen molar-refractivity contribution in [3.63, 3.8) is 0 Å². The minimum atomic E-state index is -2.78. The van der Waals surface area contributed by atoms with E-state index in [4.69, 9.17) is 24.2 Å². The number of carbonyl (C=O) groups excluding carboxylic acids is 1. The molecule has 6 aromatic rings. The van der Waals surface area contributed by atoms with Crippen molar-refractivity contribution in [3.8, 4) is 0 Å². The predicted molar refractivity (Wildman–Crippen MR) is 219 cm³/mol. The number of hydrogen-bond donors (Lipinski definition) is 2. The number of amides is 1. The van der Waals surface area contributed by atoms with Gasteiger partial charge in [0.2, 0.25) is 5.95 Å². The zero-order chi connectivity index (χ0) is 38.4. The molecule has 4 heterocycles. The van der Waals surface area contributed by atoms with Gasteiger partial charge in [-0.2, -0.15) is 15.2 Å². The lowest BCUT2D eigenvalue weighted by Gasteiger charge is -2.43. The second-order valence-corrected chi connectivity index (χ2v) is 19.6. The summed E-state index contributed by atoms with van der Waals surface area (Å²) in [6.45, 7) is 11.9. The van der Waals surface area contributed by atoms with Crippen molar-refractivity contribution < 1.29 is 14.0 Å². The van der Waals surface area contributed by atoms with Crippen LogP contribution in [0.4, 0.5) is 16.6 Å². The Kier molecular flexibility index (Phi) is 11.6. The largest absolute Gasteiger partial charge is 0.453 e. The Labute approximate surface area is 323 Å². The normalized spacial score (nSPS) is 13.6. The van der Waals surface area contributed by atoms with Crippen molar-refractivity contribution in [1.82, 2.24) is 39.7 Å². The fourth-order valence-corrected chi connectivity index (χ4v) is 12.0. The second-order valence-electron chi connectivity index (χ2n) is 15.3. The van der Waals surface area contributed by atoms with Crippen LogP contribution in [-0.4, -0.2) is 81.6 Å². The van der Waals surface area contributed by atoms with Crippen molar-refractivity contribution in [2.45, 2.75) is 84.0 Å². The summed E-state index contributed by atoms with van der Waals surface area (Å²) >= 11 is 0. The van der Waals surface area contributed by atoms with Crippen LogP contribution >= 0.6 is 0 Å². The maximum atomic E-state index is 12.4. The standard InChI is InChI=1S/C41H52N10O3Si/c1-6-7-23-49(24-25-54-55(41(2,3)4,33-17-10-8-11-18-33)34-19-12-9-13-20-34)38-36-35(45-39(46-38)47-40(52)53-5)28-50(48-36)27-30-21-22-32(26-42-31-15-14-16-31)51-37(30)43-29-44-51/h8-13,17-22,28-29,31,42H,6-7,14-16,23-27H2,1-5H3,(H,45,47,52). The number of pyridine rings is 1. The molecule has 1 aliphatic rings. The quantitative estimate of drug-likeness (QED) is 0.115. The van der Waals surface area contributed by atoms with E-state index in [1.807, 2.05) is 15.4 Å². The molecule has 0 spiro atoms. The molecule has 1 fully saturated rings. The van der Waals surface area contributed by atoms with Crippen molar-refractivity contribution in [2.24, 2.45) is 0 Å². The van der Waals surface area contributed by atoms with Crippen molar-refractivity contribution in [3.05, 3.63) is 96.6 Å². The van der Waals surface area contributed by atoms with Gasteiger partial charge in [-0.3, -0.25) is 10.00 Å². The van der Waals surface area contributed by atoms with E-state index in [1.54, 1.807) is 6.33 Å². The predicted octanol–water partition coefficient (Wildman–Crippen LogP) is 5.92. The van der Waals surface area contributed by atoms with Crippen LogP contribution in [0.1, 0.15) is 71.1 Å². The SMILES string of the molecule is CCCCN(CCO[Si](c1ccccc1)(c1ccccc1)C(C)(C)C)c1nc(NC(=O)OC)nc2cn(Cc3ccc(CNC4CCC4)n4ncnc34)nc12. The van der Waals surface area contributed by atoms with Gasteiger partial charge < -0.3 is 19.4 Å². The van der Waals surface area contributed by atoms with E-state index in [9.17, 15) is 4.79 Å². The molecule has 1 saturated carbocycles. The lowest BCUT2D eigenvalue weighted by atomic mass is 9.93. The second kappa shape index (κ2) is 16.7. The van der Waals surface area contributed by atoms with Crippen LogP contribution in [0.3, 0.4) is 0 Å². The van der Waals surface area contributed by atoms with Gasteiger partial charge in [0.15, 0.2) is 17.0 Å². The molecule has 0 aliphatic heterocycles. The van der Waals surface area contributed by atoms with Gasteiger partial charge in [0.1, 0.15) is 11.8 Å². The molecule has 288 valence electrons. The average Bonchev–Trinajstić information content (AvgIpc) is 3.83. The third-order valence-electron chi connectivity index (χ3n) is 10.6. The van der Waals surface area contributed by atoms with Crippen LogP contribution in [0.25, 0.3) is 16.7 Å². The first-order valence-corrected chi connectivity index (χ1v) is 21.2. The number of carbonyl (C=O) groups is 1. The van der Waals surface area contributed by atoms with Gasteiger partial charge in [-0.05, 0) is 40.7 Å². The highest BCUT2D eigenvalue weighted by Crippen LogP contribution is 2.37. The smallest absolute Gasteiger partial charge is 0.413 e. The Morgan fingerprint density at radius 2 is 1.71 bits per heavy atom. The minimum Gasteiger partial charge on any atom is -0.453 e. The van der Waals surface area contributed by atoms with Crippen molar-refractivity contribution in [1.29, 1.82) is 0 Å². The molecule has 14 heteroatoms. The molecule has 1 amide bonds. The summed E-state index contributed by atoms with van der Waals surface area (Å²) in [6.07, 6.45) is 8.48.